The number of nitrogen functional groups attached to an aromatic ring is 1. The van der Waals surface area contributed by atoms with Gasteiger partial charge in [-0.05, 0) is 30.3 Å². The number of pyridine rings is 1. The van der Waals surface area contributed by atoms with Crippen molar-refractivity contribution in [1.29, 1.82) is 0 Å². The van der Waals surface area contributed by atoms with Crippen LogP contribution in [0.15, 0.2) is 35.1 Å². The van der Waals surface area contributed by atoms with Gasteiger partial charge in [0.05, 0.1) is 17.6 Å². The van der Waals surface area contributed by atoms with Crippen molar-refractivity contribution in [1.82, 2.24) is 4.98 Å². The number of nitrogens with one attached hydrogen (secondary N) is 1. The highest BCUT2D eigenvalue weighted by Crippen LogP contribution is 2.41. The second-order valence-corrected chi connectivity index (χ2v) is 6.18. The monoisotopic (exact) mass is 368 g/mol. The number of halogens is 3. The topological polar surface area (TPSA) is 68.1 Å². The molecule has 0 amide bonds. The van der Waals surface area contributed by atoms with E-state index in [0.717, 1.165) is 0 Å². The normalized spacial score (nSPS) is 11.0. The molecule has 0 saturated heterocycles. The van der Waals surface area contributed by atoms with Gasteiger partial charge >= 0.3 is 0 Å². The van der Waals surface area contributed by atoms with Gasteiger partial charge in [-0.15, -0.1) is 0 Å². The minimum Gasteiger partial charge on any atom is -0.496 e. The molecule has 23 heavy (non-hydrogen) atoms. The number of anilines is 1. The third kappa shape index (κ3) is 2.74. The van der Waals surface area contributed by atoms with Crippen molar-refractivity contribution in [2.75, 3.05) is 12.8 Å². The summed E-state index contributed by atoms with van der Waals surface area (Å²) in [4.78, 5) is 14.9. The van der Waals surface area contributed by atoms with Crippen molar-refractivity contribution < 1.29 is 4.74 Å². The van der Waals surface area contributed by atoms with Gasteiger partial charge in [0.2, 0.25) is 0 Å². The average molecular weight is 370 g/mol. The fourth-order valence-corrected chi connectivity index (χ4v) is 3.28. The quantitative estimate of drug-likeness (QED) is 0.685. The van der Waals surface area contributed by atoms with Crippen LogP contribution in [-0.4, -0.2) is 12.1 Å². The molecule has 0 spiro atoms. The van der Waals surface area contributed by atoms with Gasteiger partial charge in [0, 0.05) is 26.6 Å². The van der Waals surface area contributed by atoms with Crippen LogP contribution in [0.1, 0.15) is 0 Å². The summed E-state index contributed by atoms with van der Waals surface area (Å²) in [6.07, 6.45) is 0. The number of ether oxygens (including phenoxy) is 1. The summed E-state index contributed by atoms with van der Waals surface area (Å²) in [6, 6.07) is 8.27. The number of rotatable bonds is 2. The Morgan fingerprint density at radius 2 is 1.83 bits per heavy atom. The molecule has 0 bridgehead atoms. The van der Waals surface area contributed by atoms with Gasteiger partial charge in [-0.3, -0.25) is 4.79 Å². The van der Waals surface area contributed by atoms with Gasteiger partial charge in [-0.25, -0.2) is 0 Å². The van der Waals surface area contributed by atoms with Crippen LogP contribution in [0.5, 0.6) is 5.75 Å². The lowest BCUT2D eigenvalue weighted by Crippen LogP contribution is -2.13. The number of H-pyrrole nitrogens is 1. The SMILES string of the molecule is COc1ccc(Cl)cc1-c1c(N)c(=O)[nH]c2cc(Cl)cc(Cl)c12. The van der Waals surface area contributed by atoms with Crippen LogP contribution in [0, 0.1) is 0 Å². The molecule has 0 saturated carbocycles. The van der Waals surface area contributed by atoms with E-state index in [1.807, 2.05) is 0 Å². The summed E-state index contributed by atoms with van der Waals surface area (Å²) in [5.74, 6) is 0.527. The first-order valence-electron chi connectivity index (χ1n) is 6.56. The van der Waals surface area contributed by atoms with Crippen LogP contribution in [-0.2, 0) is 0 Å². The molecule has 3 rings (SSSR count). The van der Waals surface area contributed by atoms with Gasteiger partial charge in [0.1, 0.15) is 11.4 Å². The number of aromatic nitrogens is 1. The lowest BCUT2D eigenvalue weighted by Gasteiger charge is -2.15. The minimum absolute atomic E-state index is 0.0299. The highest BCUT2D eigenvalue weighted by molar-refractivity contribution is 6.39. The van der Waals surface area contributed by atoms with E-state index in [0.29, 0.717) is 42.8 Å². The van der Waals surface area contributed by atoms with E-state index in [2.05, 4.69) is 4.98 Å². The Bertz CT molecular complexity index is 983. The lowest BCUT2D eigenvalue weighted by molar-refractivity contribution is 0.416. The largest absolute Gasteiger partial charge is 0.496 e. The molecule has 0 fully saturated rings. The molecular formula is C16H11Cl3N2O2. The van der Waals surface area contributed by atoms with Crippen molar-refractivity contribution in [3.8, 4) is 16.9 Å². The first-order chi connectivity index (χ1) is 10.9. The second-order valence-electron chi connectivity index (χ2n) is 4.90. The van der Waals surface area contributed by atoms with Gasteiger partial charge in [-0.1, -0.05) is 34.8 Å². The van der Waals surface area contributed by atoms with E-state index in [1.54, 1.807) is 30.3 Å². The van der Waals surface area contributed by atoms with Crippen LogP contribution in [0.2, 0.25) is 15.1 Å². The summed E-state index contributed by atoms with van der Waals surface area (Å²) >= 11 is 18.5. The Balaban J connectivity index is 2.53. The number of fused-ring (bicyclic) bond motifs is 1. The highest BCUT2D eigenvalue weighted by Gasteiger charge is 2.19. The van der Waals surface area contributed by atoms with E-state index in [4.69, 9.17) is 45.3 Å². The molecule has 0 atom stereocenters. The van der Waals surface area contributed by atoms with Crippen molar-refractivity contribution >= 4 is 51.4 Å². The van der Waals surface area contributed by atoms with Gasteiger partial charge in [0.15, 0.2) is 0 Å². The van der Waals surface area contributed by atoms with E-state index >= 15 is 0 Å². The number of benzene rings is 2. The van der Waals surface area contributed by atoms with E-state index < -0.39 is 5.56 Å². The molecule has 0 aliphatic carbocycles. The Morgan fingerprint density at radius 1 is 1.09 bits per heavy atom. The molecule has 0 aliphatic heterocycles. The molecule has 7 heteroatoms. The maximum absolute atomic E-state index is 12.2. The standard InChI is InChI=1S/C16H11Cl3N2O2/c1-23-12-3-2-7(17)4-9(12)13-14-10(19)5-8(18)6-11(14)21-16(22)15(13)20/h2-6H,20H2,1H3,(H,21,22). The summed E-state index contributed by atoms with van der Waals surface area (Å²) in [6.45, 7) is 0. The van der Waals surface area contributed by atoms with E-state index in [-0.39, 0.29) is 5.69 Å². The zero-order valence-corrected chi connectivity index (χ0v) is 14.2. The fourth-order valence-electron chi connectivity index (χ4n) is 2.52. The molecule has 0 aliphatic rings. The predicted octanol–water partition coefficient (Wildman–Crippen LogP) is 4.75. The van der Waals surface area contributed by atoms with Crippen LogP contribution >= 0.6 is 34.8 Å². The van der Waals surface area contributed by atoms with Gasteiger partial charge in [0.25, 0.3) is 5.56 Å². The number of aromatic amines is 1. The van der Waals surface area contributed by atoms with E-state index in [9.17, 15) is 4.79 Å². The van der Waals surface area contributed by atoms with Gasteiger partial charge < -0.3 is 15.5 Å². The Labute approximate surface area is 146 Å². The third-order valence-corrected chi connectivity index (χ3v) is 4.25. The van der Waals surface area contributed by atoms with Crippen LogP contribution in [0.25, 0.3) is 22.0 Å². The van der Waals surface area contributed by atoms with Crippen molar-refractivity contribution in [3.05, 3.63) is 55.8 Å². The number of hydrogen-bond donors (Lipinski definition) is 2. The zero-order valence-electron chi connectivity index (χ0n) is 11.9. The number of hydrogen-bond acceptors (Lipinski definition) is 3. The molecule has 0 radical (unpaired) electrons. The smallest absolute Gasteiger partial charge is 0.272 e. The summed E-state index contributed by atoms with van der Waals surface area (Å²) in [5, 5.41) is 1.84. The van der Waals surface area contributed by atoms with Crippen molar-refractivity contribution in [3.63, 3.8) is 0 Å². The van der Waals surface area contributed by atoms with Crippen molar-refractivity contribution in [2.24, 2.45) is 0 Å². The average Bonchev–Trinajstić information content (AvgIpc) is 2.49. The third-order valence-electron chi connectivity index (χ3n) is 3.50. The number of nitrogens with two attached hydrogens (primary N) is 1. The molecule has 0 unspecified atom stereocenters. The van der Waals surface area contributed by atoms with Crippen LogP contribution in [0.4, 0.5) is 5.69 Å². The first-order valence-corrected chi connectivity index (χ1v) is 7.70. The molecule has 118 valence electrons. The van der Waals surface area contributed by atoms with Crippen molar-refractivity contribution in [2.45, 2.75) is 0 Å². The Morgan fingerprint density at radius 3 is 2.52 bits per heavy atom. The maximum atomic E-state index is 12.2. The molecule has 3 aromatic rings. The summed E-state index contributed by atoms with van der Waals surface area (Å²) in [7, 11) is 1.52. The van der Waals surface area contributed by atoms with Crippen LogP contribution in [0.3, 0.4) is 0 Å². The summed E-state index contributed by atoms with van der Waals surface area (Å²) < 4.78 is 5.37. The first kappa shape index (κ1) is 16.0. The number of methoxy groups -OCH3 is 1. The van der Waals surface area contributed by atoms with E-state index in [1.165, 1.54) is 7.11 Å². The van der Waals surface area contributed by atoms with Crippen LogP contribution < -0.4 is 16.0 Å². The Hall–Kier alpha value is -1.88. The molecule has 1 heterocycles. The summed E-state index contributed by atoms with van der Waals surface area (Å²) in [5.41, 5.74) is 7.15. The zero-order chi connectivity index (χ0) is 16.7. The Kier molecular flexibility index (Phi) is 4.15. The highest BCUT2D eigenvalue weighted by atomic mass is 35.5. The molecule has 1 aromatic heterocycles. The molecular weight excluding hydrogens is 359 g/mol. The second kappa shape index (κ2) is 5.96. The van der Waals surface area contributed by atoms with Gasteiger partial charge in [-0.2, -0.15) is 0 Å². The fraction of sp³-hybridized carbons (Fsp3) is 0.0625. The molecule has 2 aromatic carbocycles. The minimum atomic E-state index is -0.437. The predicted molar refractivity (Wildman–Crippen MR) is 96.0 cm³/mol. The molecule has 4 nitrogen and oxygen atoms in total. The molecule has 3 N–H and O–H groups in total. The maximum Gasteiger partial charge on any atom is 0.272 e. The lowest BCUT2D eigenvalue weighted by atomic mass is 9.98.